The maximum atomic E-state index is 11.4. The zero-order valence-electron chi connectivity index (χ0n) is 9.53. The van der Waals surface area contributed by atoms with Gasteiger partial charge in [-0.15, -0.1) is 0 Å². The Balaban J connectivity index is 1.82. The first-order chi connectivity index (χ1) is 7.68. The van der Waals surface area contributed by atoms with Crippen LogP contribution in [0.15, 0.2) is 0 Å². The van der Waals surface area contributed by atoms with Crippen LogP contribution in [0.1, 0.15) is 6.92 Å². The number of carbonyl (C=O) groups excluding carboxylic acids is 2. The van der Waals surface area contributed by atoms with Crippen LogP contribution in [0, 0.1) is 0 Å². The highest BCUT2D eigenvalue weighted by molar-refractivity contribution is 6.01. The van der Waals surface area contributed by atoms with Crippen LogP contribution in [-0.2, 0) is 4.79 Å². The lowest BCUT2D eigenvalue weighted by Crippen LogP contribution is -2.52. The van der Waals surface area contributed by atoms with Gasteiger partial charge in [0.15, 0.2) is 0 Å². The standard InChI is InChI=1S/C10H18N4O2/c1-8-6-11-2-3-13(8)4-5-14-9(15)7-12-10(14)16/h8,11H,2-7H2,1H3,(H,12,16)/t8-/m1/s1. The number of piperazine rings is 1. The summed E-state index contributed by atoms with van der Waals surface area (Å²) in [5, 5.41) is 5.83. The van der Waals surface area contributed by atoms with E-state index in [0.29, 0.717) is 12.6 Å². The first-order valence-electron chi connectivity index (χ1n) is 5.71. The van der Waals surface area contributed by atoms with Crippen molar-refractivity contribution >= 4 is 11.9 Å². The molecule has 0 aromatic heterocycles. The minimum atomic E-state index is -0.257. The third-order valence-corrected chi connectivity index (χ3v) is 3.19. The number of nitrogens with zero attached hydrogens (tertiary/aromatic N) is 2. The van der Waals surface area contributed by atoms with E-state index in [1.54, 1.807) is 0 Å². The molecule has 2 aliphatic rings. The third kappa shape index (κ3) is 2.33. The topological polar surface area (TPSA) is 64.7 Å². The van der Waals surface area contributed by atoms with Crippen LogP contribution in [0.5, 0.6) is 0 Å². The lowest BCUT2D eigenvalue weighted by Gasteiger charge is -2.34. The molecular formula is C10H18N4O2. The molecule has 0 aromatic rings. The molecule has 0 radical (unpaired) electrons. The fraction of sp³-hybridized carbons (Fsp3) is 0.800. The van der Waals surface area contributed by atoms with Crippen molar-refractivity contribution in [2.24, 2.45) is 0 Å². The zero-order valence-corrected chi connectivity index (χ0v) is 9.53. The van der Waals surface area contributed by atoms with Crippen molar-refractivity contribution < 1.29 is 9.59 Å². The molecule has 2 N–H and O–H groups in total. The average Bonchev–Trinajstić information content (AvgIpc) is 2.58. The van der Waals surface area contributed by atoms with Gasteiger partial charge < -0.3 is 10.6 Å². The molecule has 3 amide bonds. The van der Waals surface area contributed by atoms with E-state index < -0.39 is 0 Å². The highest BCUT2D eigenvalue weighted by Gasteiger charge is 2.29. The monoisotopic (exact) mass is 226 g/mol. The van der Waals surface area contributed by atoms with Crippen molar-refractivity contribution in [3.8, 4) is 0 Å². The normalized spacial score (nSPS) is 27.3. The molecule has 2 saturated heterocycles. The zero-order chi connectivity index (χ0) is 11.5. The first kappa shape index (κ1) is 11.3. The number of amides is 3. The van der Waals surface area contributed by atoms with E-state index in [1.165, 1.54) is 4.90 Å². The largest absolute Gasteiger partial charge is 0.329 e. The van der Waals surface area contributed by atoms with E-state index in [1.807, 2.05) is 0 Å². The number of urea groups is 1. The lowest BCUT2D eigenvalue weighted by atomic mass is 10.2. The van der Waals surface area contributed by atoms with Crippen LogP contribution < -0.4 is 10.6 Å². The fourth-order valence-electron chi connectivity index (χ4n) is 2.13. The molecular weight excluding hydrogens is 208 g/mol. The quantitative estimate of drug-likeness (QED) is 0.595. The summed E-state index contributed by atoms with van der Waals surface area (Å²) in [6.07, 6.45) is 0. The second-order valence-electron chi connectivity index (χ2n) is 4.29. The number of imide groups is 1. The van der Waals surface area contributed by atoms with Crippen LogP contribution in [0.3, 0.4) is 0 Å². The molecule has 6 nitrogen and oxygen atoms in total. The van der Waals surface area contributed by atoms with Gasteiger partial charge in [0.05, 0.1) is 6.54 Å². The van der Waals surface area contributed by atoms with Gasteiger partial charge in [-0.1, -0.05) is 0 Å². The smallest absolute Gasteiger partial charge is 0.324 e. The van der Waals surface area contributed by atoms with Crippen LogP contribution in [0.25, 0.3) is 0 Å². The Hall–Kier alpha value is -1.14. The summed E-state index contributed by atoms with van der Waals surface area (Å²) in [4.78, 5) is 26.3. The Morgan fingerprint density at radius 3 is 2.81 bits per heavy atom. The predicted octanol–water partition coefficient (Wildman–Crippen LogP) is -1.17. The van der Waals surface area contributed by atoms with Crippen molar-refractivity contribution in [3.63, 3.8) is 0 Å². The number of hydrogen-bond acceptors (Lipinski definition) is 4. The van der Waals surface area contributed by atoms with Crippen molar-refractivity contribution in [3.05, 3.63) is 0 Å². The lowest BCUT2D eigenvalue weighted by molar-refractivity contribution is -0.125. The number of hydrogen-bond donors (Lipinski definition) is 2. The van der Waals surface area contributed by atoms with E-state index >= 15 is 0 Å². The maximum Gasteiger partial charge on any atom is 0.324 e. The Kier molecular flexibility index (Phi) is 3.40. The maximum absolute atomic E-state index is 11.4. The molecule has 16 heavy (non-hydrogen) atoms. The molecule has 0 bridgehead atoms. The second kappa shape index (κ2) is 4.80. The van der Waals surface area contributed by atoms with E-state index in [2.05, 4.69) is 22.5 Å². The van der Waals surface area contributed by atoms with E-state index in [4.69, 9.17) is 0 Å². The van der Waals surface area contributed by atoms with Gasteiger partial charge >= 0.3 is 6.03 Å². The fourth-order valence-corrected chi connectivity index (χ4v) is 2.13. The van der Waals surface area contributed by atoms with Gasteiger partial charge in [0.1, 0.15) is 0 Å². The molecule has 6 heteroatoms. The molecule has 2 aliphatic heterocycles. The third-order valence-electron chi connectivity index (χ3n) is 3.19. The van der Waals surface area contributed by atoms with Gasteiger partial charge in [-0.3, -0.25) is 14.6 Å². The van der Waals surface area contributed by atoms with Gasteiger partial charge in [-0.25, -0.2) is 4.79 Å². The summed E-state index contributed by atoms with van der Waals surface area (Å²) in [5.74, 6) is -0.118. The van der Waals surface area contributed by atoms with Crippen LogP contribution in [0.2, 0.25) is 0 Å². The summed E-state index contributed by atoms with van der Waals surface area (Å²) in [6.45, 7) is 6.49. The summed E-state index contributed by atoms with van der Waals surface area (Å²) < 4.78 is 0. The van der Waals surface area contributed by atoms with Crippen LogP contribution in [-0.4, -0.2) is 67.0 Å². The molecule has 0 aliphatic carbocycles. The van der Waals surface area contributed by atoms with Gasteiger partial charge in [-0.05, 0) is 6.92 Å². The molecule has 90 valence electrons. The first-order valence-corrected chi connectivity index (χ1v) is 5.71. The highest BCUT2D eigenvalue weighted by Crippen LogP contribution is 2.04. The summed E-state index contributed by atoms with van der Waals surface area (Å²) in [5.41, 5.74) is 0. The average molecular weight is 226 g/mol. The second-order valence-corrected chi connectivity index (χ2v) is 4.29. The van der Waals surface area contributed by atoms with Gasteiger partial charge in [0, 0.05) is 38.8 Å². The minimum Gasteiger partial charge on any atom is -0.329 e. The Labute approximate surface area is 95.0 Å². The molecule has 2 rings (SSSR count). The minimum absolute atomic E-state index is 0.118. The number of nitrogens with one attached hydrogen (secondary N) is 2. The summed E-state index contributed by atoms with van der Waals surface area (Å²) in [7, 11) is 0. The summed E-state index contributed by atoms with van der Waals surface area (Å²) in [6, 6.07) is 0.210. The summed E-state index contributed by atoms with van der Waals surface area (Å²) >= 11 is 0. The van der Waals surface area contributed by atoms with Gasteiger partial charge in [-0.2, -0.15) is 0 Å². The molecule has 0 saturated carbocycles. The SMILES string of the molecule is C[C@@H]1CNCCN1CCN1C(=O)CNC1=O. The molecule has 0 aromatic carbocycles. The molecule has 1 atom stereocenters. The van der Waals surface area contributed by atoms with Crippen LogP contribution in [0.4, 0.5) is 4.79 Å². The van der Waals surface area contributed by atoms with E-state index in [-0.39, 0.29) is 18.5 Å². The Bertz CT molecular complexity index is 279. The van der Waals surface area contributed by atoms with Crippen molar-refractivity contribution in [1.82, 2.24) is 20.4 Å². The molecule has 2 fully saturated rings. The highest BCUT2D eigenvalue weighted by atomic mass is 16.2. The predicted molar refractivity (Wildman–Crippen MR) is 59.0 cm³/mol. The van der Waals surface area contributed by atoms with Crippen molar-refractivity contribution in [2.45, 2.75) is 13.0 Å². The molecule has 0 unspecified atom stereocenters. The molecule has 2 heterocycles. The van der Waals surface area contributed by atoms with Crippen molar-refractivity contribution in [1.29, 1.82) is 0 Å². The number of rotatable bonds is 3. The van der Waals surface area contributed by atoms with E-state index in [9.17, 15) is 9.59 Å². The van der Waals surface area contributed by atoms with Gasteiger partial charge in [0.2, 0.25) is 5.91 Å². The Morgan fingerprint density at radius 2 is 2.19 bits per heavy atom. The molecule has 0 spiro atoms. The van der Waals surface area contributed by atoms with Crippen molar-refractivity contribution in [2.75, 3.05) is 39.3 Å². The van der Waals surface area contributed by atoms with Gasteiger partial charge in [0.25, 0.3) is 0 Å². The Morgan fingerprint density at radius 1 is 1.38 bits per heavy atom. The van der Waals surface area contributed by atoms with Crippen LogP contribution >= 0.6 is 0 Å². The van der Waals surface area contributed by atoms with E-state index in [0.717, 1.165) is 26.2 Å². The number of carbonyl (C=O) groups is 2.